The topological polar surface area (TPSA) is 82.1 Å². The summed E-state index contributed by atoms with van der Waals surface area (Å²) in [5, 5.41) is 20.0. The van der Waals surface area contributed by atoms with Crippen LogP contribution in [0.3, 0.4) is 0 Å². The molecule has 0 fully saturated rings. The highest BCUT2D eigenvalue weighted by Crippen LogP contribution is 2.07. The number of hydrogen-bond acceptors (Lipinski definition) is 4. The van der Waals surface area contributed by atoms with Crippen LogP contribution in [-0.2, 0) is 0 Å². The molecule has 1 atom stereocenters. The number of amidine groups is 1. The SMILES string of the molecule is CCC(C(N)=NO)N(CCO)CC(F)F. The molecule has 1 unspecified atom stereocenters. The fourth-order valence-corrected chi connectivity index (χ4v) is 1.40. The minimum Gasteiger partial charge on any atom is -0.409 e. The number of nitrogens with two attached hydrogens (primary N) is 1. The van der Waals surface area contributed by atoms with Crippen LogP contribution >= 0.6 is 0 Å². The summed E-state index contributed by atoms with van der Waals surface area (Å²) in [4.78, 5) is 1.29. The maximum absolute atomic E-state index is 12.2. The summed E-state index contributed by atoms with van der Waals surface area (Å²) in [7, 11) is 0. The molecule has 0 aliphatic carbocycles. The average molecular weight is 225 g/mol. The lowest BCUT2D eigenvalue weighted by Crippen LogP contribution is -2.47. The summed E-state index contributed by atoms with van der Waals surface area (Å²) in [5.74, 6) is -0.119. The smallest absolute Gasteiger partial charge is 0.251 e. The number of halogens is 2. The number of aliphatic hydroxyl groups is 1. The molecule has 0 aromatic rings. The molecular formula is C8H17F2N3O2. The molecule has 0 aliphatic rings. The zero-order valence-electron chi connectivity index (χ0n) is 8.61. The lowest BCUT2D eigenvalue weighted by atomic mass is 10.1. The van der Waals surface area contributed by atoms with Crippen LogP contribution in [0.2, 0.25) is 0 Å². The predicted octanol–water partition coefficient (Wildman–Crippen LogP) is 0.0708. The molecule has 0 spiro atoms. The van der Waals surface area contributed by atoms with E-state index in [1.807, 2.05) is 0 Å². The zero-order chi connectivity index (χ0) is 11.8. The van der Waals surface area contributed by atoms with E-state index in [1.54, 1.807) is 6.92 Å². The molecule has 0 radical (unpaired) electrons. The number of alkyl halides is 2. The molecule has 0 amide bonds. The van der Waals surface area contributed by atoms with Crippen molar-refractivity contribution in [1.29, 1.82) is 0 Å². The Morgan fingerprint density at radius 2 is 2.13 bits per heavy atom. The van der Waals surface area contributed by atoms with Gasteiger partial charge in [-0.2, -0.15) is 0 Å². The van der Waals surface area contributed by atoms with Gasteiger partial charge in [0.1, 0.15) is 0 Å². The summed E-state index contributed by atoms with van der Waals surface area (Å²) < 4.78 is 24.4. The molecule has 5 nitrogen and oxygen atoms in total. The largest absolute Gasteiger partial charge is 0.409 e. The molecule has 0 aliphatic heterocycles. The van der Waals surface area contributed by atoms with Crippen LogP contribution in [0.25, 0.3) is 0 Å². The molecule has 4 N–H and O–H groups in total. The summed E-state index contributed by atoms with van der Waals surface area (Å²) in [6.45, 7) is 1.05. The van der Waals surface area contributed by atoms with E-state index in [1.165, 1.54) is 4.90 Å². The van der Waals surface area contributed by atoms with Crippen molar-refractivity contribution in [3.05, 3.63) is 0 Å². The Morgan fingerprint density at radius 3 is 2.47 bits per heavy atom. The summed E-state index contributed by atoms with van der Waals surface area (Å²) in [5.41, 5.74) is 5.37. The van der Waals surface area contributed by atoms with E-state index in [0.29, 0.717) is 6.42 Å². The zero-order valence-corrected chi connectivity index (χ0v) is 8.61. The summed E-state index contributed by atoms with van der Waals surface area (Å²) in [6.07, 6.45) is -2.08. The second-order valence-corrected chi connectivity index (χ2v) is 3.06. The van der Waals surface area contributed by atoms with Gasteiger partial charge >= 0.3 is 0 Å². The Balaban J connectivity index is 4.53. The van der Waals surface area contributed by atoms with E-state index < -0.39 is 19.0 Å². The molecular weight excluding hydrogens is 208 g/mol. The van der Waals surface area contributed by atoms with Crippen LogP contribution in [0.5, 0.6) is 0 Å². The third kappa shape index (κ3) is 4.89. The Bertz CT molecular complexity index is 202. The molecule has 90 valence electrons. The van der Waals surface area contributed by atoms with Crippen LogP contribution < -0.4 is 5.73 Å². The standard InChI is InChI=1S/C8H17F2N3O2/c1-2-6(8(11)12-15)13(3-4-14)5-7(9)10/h6-7,14-15H,2-5H2,1H3,(H2,11,12). The number of oxime groups is 1. The maximum atomic E-state index is 12.2. The van der Waals surface area contributed by atoms with Gasteiger partial charge in [-0.25, -0.2) is 8.78 Å². The number of aliphatic hydroxyl groups excluding tert-OH is 1. The number of nitrogens with zero attached hydrogens (tertiary/aromatic N) is 2. The quantitative estimate of drug-likeness (QED) is 0.248. The number of hydrogen-bond donors (Lipinski definition) is 3. The van der Waals surface area contributed by atoms with Crippen molar-refractivity contribution in [3.8, 4) is 0 Å². The Morgan fingerprint density at radius 1 is 1.53 bits per heavy atom. The van der Waals surface area contributed by atoms with Gasteiger partial charge in [0.25, 0.3) is 6.43 Å². The van der Waals surface area contributed by atoms with E-state index in [-0.39, 0.29) is 19.0 Å². The van der Waals surface area contributed by atoms with Crippen molar-refractivity contribution in [3.63, 3.8) is 0 Å². The summed E-state index contributed by atoms with van der Waals surface area (Å²) in [6, 6.07) is -0.573. The Labute approximate surface area is 87.2 Å². The van der Waals surface area contributed by atoms with Gasteiger partial charge in [-0.15, -0.1) is 0 Å². The Kier molecular flexibility index (Phi) is 6.89. The van der Waals surface area contributed by atoms with Gasteiger partial charge < -0.3 is 16.0 Å². The van der Waals surface area contributed by atoms with Gasteiger partial charge in [-0.1, -0.05) is 12.1 Å². The highest BCUT2D eigenvalue weighted by atomic mass is 19.3. The maximum Gasteiger partial charge on any atom is 0.251 e. The normalized spacial score (nSPS) is 14.9. The third-order valence-corrected chi connectivity index (χ3v) is 2.04. The molecule has 0 aromatic heterocycles. The monoisotopic (exact) mass is 225 g/mol. The first-order valence-electron chi connectivity index (χ1n) is 4.67. The average Bonchev–Trinajstić information content (AvgIpc) is 2.18. The van der Waals surface area contributed by atoms with Crippen LogP contribution in [0, 0.1) is 0 Å². The van der Waals surface area contributed by atoms with Crippen molar-refractivity contribution in [2.75, 3.05) is 19.7 Å². The minimum atomic E-state index is -2.52. The fourth-order valence-electron chi connectivity index (χ4n) is 1.40. The Hall–Kier alpha value is -0.950. The number of rotatable bonds is 7. The first-order chi connectivity index (χ1) is 7.06. The first kappa shape index (κ1) is 14.1. The van der Waals surface area contributed by atoms with Crippen LogP contribution in [0.15, 0.2) is 5.16 Å². The van der Waals surface area contributed by atoms with Gasteiger partial charge in [0.05, 0.1) is 19.2 Å². The molecule has 0 rings (SSSR count). The van der Waals surface area contributed by atoms with Gasteiger partial charge in [-0.3, -0.25) is 4.90 Å². The molecule has 0 bridgehead atoms. The van der Waals surface area contributed by atoms with E-state index >= 15 is 0 Å². The van der Waals surface area contributed by atoms with E-state index in [4.69, 9.17) is 16.0 Å². The molecule has 0 aromatic carbocycles. The second-order valence-electron chi connectivity index (χ2n) is 3.06. The second kappa shape index (κ2) is 7.36. The van der Waals surface area contributed by atoms with Crippen molar-refractivity contribution >= 4 is 5.84 Å². The van der Waals surface area contributed by atoms with Crippen molar-refractivity contribution in [1.82, 2.24) is 4.90 Å². The summed E-state index contributed by atoms with van der Waals surface area (Å²) >= 11 is 0. The van der Waals surface area contributed by atoms with Crippen LogP contribution in [0.1, 0.15) is 13.3 Å². The van der Waals surface area contributed by atoms with Crippen LogP contribution in [0.4, 0.5) is 8.78 Å². The first-order valence-corrected chi connectivity index (χ1v) is 4.67. The third-order valence-electron chi connectivity index (χ3n) is 2.04. The van der Waals surface area contributed by atoms with Crippen molar-refractivity contribution in [2.24, 2.45) is 10.9 Å². The van der Waals surface area contributed by atoms with Crippen molar-refractivity contribution < 1.29 is 19.1 Å². The van der Waals surface area contributed by atoms with Gasteiger partial charge in [0, 0.05) is 6.54 Å². The molecule has 0 heterocycles. The molecule has 0 saturated carbocycles. The predicted molar refractivity (Wildman–Crippen MR) is 52.2 cm³/mol. The van der Waals surface area contributed by atoms with Gasteiger partial charge in [0.15, 0.2) is 5.84 Å². The lowest BCUT2D eigenvalue weighted by Gasteiger charge is -2.28. The van der Waals surface area contributed by atoms with E-state index in [9.17, 15) is 8.78 Å². The fraction of sp³-hybridized carbons (Fsp3) is 0.875. The van der Waals surface area contributed by atoms with Gasteiger partial charge in [0.2, 0.25) is 0 Å². The minimum absolute atomic E-state index is 0.0685. The molecule has 15 heavy (non-hydrogen) atoms. The highest BCUT2D eigenvalue weighted by molar-refractivity contribution is 5.85. The molecule has 0 saturated heterocycles. The lowest BCUT2D eigenvalue weighted by molar-refractivity contribution is 0.0670. The van der Waals surface area contributed by atoms with E-state index in [2.05, 4.69) is 5.16 Å². The molecule has 7 heteroatoms. The van der Waals surface area contributed by atoms with Gasteiger partial charge in [-0.05, 0) is 6.42 Å². The highest BCUT2D eigenvalue weighted by Gasteiger charge is 2.23. The van der Waals surface area contributed by atoms with Crippen molar-refractivity contribution in [2.45, 2.75) is 25.8 Å². The van der Waals surface area contributed by atoms with E-state index in [0.717, 1.165) is 0 Å². The van der Waals surface area contributed by atoms with Crippen LogP contribution in [-0.4, -0.2) is 53.2 Å².